The van der Waals surface area contributed by atoms with Gasteiger partial charge in [0.15, 0.2) is 5.76 Å². The van der Waals surface area contributed by atoms with Gasteiger partial charge in [0.2, 0.25) is 0 Å². The Morgan fingerprint density at radius 1 is 0.604 bits per heavy atom. The molecule has 4 heteroatoms. The molecule has 3 atom stereocenters. The van der Waals surface area contributed by atoms with Gasteiger partial charge < -0.3 is 14.5 Å². The lowest BCUT2D eigenvalue weighted by molar-refractivity contribution is 0.184. The lowest BCUT2D eigenvalue weighted by Crippen LogP contribution is -2.28. The fraction of sp³-hybridized carbons (Fsp3) is 0.122. The predicted octanol–water partition coefficient (Wildman–Crippen LogP) is 11.8. The molecule has 0 amide bonds. The van der Waals surface area contributed by atoms with E-state index in [2.05, 4.69) is 177 Å². The third-order valence-electron chi connectivity index (χ3n) is 11.7. The Labute approximate surface area is 308 Å². The fourth-order valence-corrected chi connectivity index (χ4v) is 9.09. The molecule has 1 aromatic heterocycles. The molecule has 0 radical (unpaired) electrons. The lowest BCUT2D eigenvalue weighted by atomic mass is 9.82. The van der Waals surface area contributed by atoms with Crippen LogP contribution in [0.1, 0.15) is 42.3 Å². The van der Waals surface area contributed by atoms with Crippen molar-refractivity contribution in [3.63, 3.8) is 0 Å². The molecule has 0 bridgehead atoms. The van der Waals surface area contributed by atoms with Crippen molar-refractivity contribution in [2.24, 2.45) is 10.9 Å². The Balaban J connectivity index is 1.07. The number of hydrogen-bond donors (Lipinski definition) is 1. The van der Waals surface area contributed by atoms with Gasteiger partial charge in [0.1, 0.15) is 23.4 Å². The summed E-state index contributed by atoms with van der Waals surface area (Å²) in [7, 11) is 0. The van der Waals surface area contributed by atoms with Gasteiger partial charge >= 0.3 is 0 Å². The normalized spacial score (nSPS) is 20.4. The van der Waals surface area contributed by atoms with Crippen molar-refractivity contribution in [2.75, 3.05) is 0 Å². The number of rotatable bonds is 4. The predicted molar refractivity (Wildman–Crippen MR) is 215 cm³/mol. The van der Waals surface area contributed by atoms with Crippen molar-refractivity contribution in [1.29, 1.82) is 0 Å². The third-order valence-corrected chi connectivity index (χ3v) is 11.7. The van der Waals surface area contributed by atoms with E-state index in [0.717, 1.165) is 55.8 Å². The highest BCUT2D eigenvalue weighted by atomic mass is 16.5. The van der Waals surface area contributed by atoms with Crippen molar-refractivity contribution in [3.05, 3.63) is 186 Å². The van der Waals surface area contributed by atoms with Crippen LogP contribution in [-0.2, 0) is 10.2 Å². The monoisotopic (exact) mass is 684 g/mol. The van der Waals surface area contributed by atoms with Crippen LogP contribution in [0.25, 0.3) is 61.0 Å². The maximum atomic E-state index is 6.74. The van der Waals surface area contributed by atoms with Gasteiger partial charge in [0, 0.05) is 27.3 Å². The van der Waals surface area contributed by atoms with Crippen LogP contribution in [0.5, 0.6) is 0 Å². The molecular formula is C49H36N2O2. The molecule has 0 saturated carbocycles. The molecule has 2 aliphatic carbocycles. The van der Waals surface area contributed by atoms with E-state index >= 15 is 0 Å². The van der Waals surface area contributed by atoms with E-state index < -0.39 is 0 Å². The summed E-state index contributed by atoms with van der Waals surface area (Å²) in [5, 5.41) is 6.05. The number of hydrogen-bond acceptors (Lipinski definition) is 4. The first kappa shape index (κ1) is 30.3. The molecule has 1 saturated heterocycles. The summed E-state index contributed by atoms with van der Waals surface area (Å²) in [6.07, 6.45) is 8.11. The van der Waals surface area contributed by atoms with Crippen molar-refractivity contribution in [2.45, 2.75) is 31.5 Å². The SMILES string of the molecule is CC1(C)c2ccccc2-c2cc(C3=C4OC5C=CC=CC5C4=NC(c4cccc5oc6ccc(-c7ccccc7-c7ccccc7)cc6c45)N3)ccc21. The van der Waals surface area contributed by atoms with Crippen LogP contribution in [0.4, 0.5) is 0 Å². The van der Waals surface area contributed by atoms with Gasteiger partial charge in [-0.25, -0.2) is 0 Å². The van der Waals surface area contributed by atoms with E-state index in [9.17, 15) is 0 Å². The minimum Gasteiger partial charge on any atom is -0.481 e. The van der Waals surface area contributed by atoms with Crippen LogP contribution in [0.15, 0.2) is 173 Å². The van der Waals surface area contributed by atoms with Crippen LogP contribution in [-0.4, -0.2) is 11.8 Å². The van der Waals surface area contributed by atoms with Gasteiger partial charge in [0.25, 0.3) is 0 Å². The lowest BCUT2D eigenvalue weighted by Gasteiger charge is -2.27. The van der Waals surface area contributed by atoms with E-state index in [0.29, 0.717) is 0 Å². The average Bonchev–Trinajstić information content (AvgIpc) is 3.85. The fourth-order valence-electron chi connectivity index (χ4n) is 9.09. The number of benzene rings is 6. The molecule has 1 N–H and O–H groups in total. The highest BCUT2D eigenvalue weighted by Crippen LogP contribution is 2.50. The average molecular weight is 685 g/mol. The number of aliphatic imine (C=N–C) groups is 1. The summed E-state index contributed by atoms with van der Waals surface area (Å²) in [6, 6.07) is 47.8. The van der Waals surface area contributed by atoms with Crippen LogP contribution in [0.2, 0.25) is 0 Å². The van der Waals surface area contributed by atoms with Gasteiger partial charge in [-0.05, 0) is 74.8 Å². The standard InChI is InChI=1S/C49H36N2O2/c1-49(2)39-20-10-8-17-34(39)37-28-31(23-25-40(37)49)45-47-46(35-18-9-11-21-41(35)53-47)51-48(50-45)36-19-12-22-43-44(36)38-27-30(24-26-42(38)52-43)33-16-7-6-15-32(33)29-13-4-3-5-14-29/h3-28,35,41,48,50H,1-2H3. The van der Waals surface area contributed by atoms with Gasteiger partial charge in [-0.15, -0.1) is 0 Å². The highest BCUT2D eigenvalue weighted by molar-refractivity contribution is 6.12. The summed E-state index contributed by atoms with van der Waals surface area (Å²) in [5.74, 6) is 0.882. The van der Waals surface area contributed by atoms with E-state index in [1.807, 2.05) is 0 Å². The van der Waals surface area contributed by atoms with Crippen molar-refractivity contribution in [1.82, 2.24) is 5.32 Å². The van der Waals surface area contributed by atoms with E-state index in [1.165, 1.54) is 38.9 Å². The van der Waals surface area contributed by atoms with Gasteiger partial charge in [-0.3, -0.25) is 4.99 Å². The molecule has 4 nitrogen and oxygen atoms in total. The molecule has 0 spiro atoms. The third kappa shape index (κ3) is 4.51. The maximum Gasteiger partial charge on any atom is 0.165 e. The number of nitrogens with one attached hydrogen (secondary N) is 1. The molecular weight excluding hydrogens is 649 g/mol. The molecule has 7 aromatic rings. The summed E-state index contributed by atoms with van der Waals surface area (Å²) in [5.41, 5.74) is 15.8. The Morgan fingerprint density at radius 2 is 1.34 bits per heavy atom. The molecule has 3 unspecified atom stereocenters. The molecule has 3 heterocycles. The summed E-state index contributed by atoms with van der Waals surface area (Å²) in [6.45, 7) is 4.65. The molecule has 6 aromatic carbocycles. The smallest absolute Gasteiger partial charge is 0.165 e. The number of fused-ring (bicyclic) bond motifs is 9. The number of allylic oxidation sites excluding steroid dienone is 3. The molecule has 2 aliphatic heterocycles. The minimum absolute atomic E-state index is 0.0464. The van der Waals surface area contributed by atoms with Gasteiger partial charge in [0.05, 0.1) is 17.3 Å². The number of ether oxygens (including phenoxy) is 1. The topological polar surface area (TPSA) is 46.8 Å². The first-order chi connectivity index (χ1) is 26.0. The summed E-state index contributed by atoms with van der Waals surface area (Å²) < 4.78 is 13.3. The quantitative estimate of drug-likeness (QED) is 0.201. The highest BCUT2D eigenvalue weighted by Gasteiger charge is 2.43. The first-order valence-corrected chi connectivity index (χ1v) is 18.5. The second-order valence-corrected chi connectivity index (χ2v) is 15.0. The minimum atomic E-state index is -0.354. The Morgan fingerprint density at radius 3 is 2.21 bits per heavy atom. The zero-order valence-electron chi connectivity index (χ0n) is 29.5. The van der Waals surface area contributed by atoms with Crippen molar-refractivity contribution in [3.8, 4) is 33.4 Å². The molecule has 4 aliphatic rings. The van der Waals surface area contributed by atoms with Crippen LogP contribution < -0.4 is 5.32 Å². The molecule has 1 fully saturated rings. The second-order valence-electron chi connectivity index (χ2n) is 15.0. The van der Waals surface area contributed by atoms with E-state index in [1.54, 1.807) is 0 Å². The summed E-state index contributed by atoms with van der Waals surface area (Å²) in [4.78, 5) is 5.47. The zero-order chi connectivity index (χ0) is 35.3. The Bertz CT molecular complexity index is 2780. The van der Waals surface area contributed by atoms with Crippen molar-refractivity contribution >= 4 is 33.3 Å². The Kier molecular flexibility index (Phi) is 6.45. The van der Waals surface area contributed by atoms with Gasteiger partial charge in [-0.1, -0.05) is 141 Å². The molecule has 254 valence electrons. The molecule has 11 rings (SSSR count). The number of furan rings is 1. The van der Waals surface area contributed by atoms with Crippen LogP contribution >= 0.6 is 0 Å². The van der Waals surface area contributed by atoms with E-state index in [4.69, 9.17) is 14.1 Å². The van der Waals surface area contributed by atoms with Crippen molar-refractivity contribution < 1.29 is 9.15 Å². The second kappa shape index (κ2) is 11.3. The maximum absolute atomic E-state index is 6.74. The Hall–Kier alpha value is -6.39. The van der Waals surface area contributed by atoms with Crippen LogP contribution in [0.3, 0.4) is 0 Å². The molecule has 53 heavy (non-hydrogen) atoms. The van der Waals surface area contributed by atoms with Gasteiger partial charge in [-0.2, -0.15) is 0 Å². The number of nitrogens with zero attached hydrogens (tertiary/aromatic N) is 1. The van der Waals surface area contributed by atoms with E-state index in [-0.39, 0.29) is 23.6 Å². The largest absolute Gasteiger partial charge is 0.481 e. The first-order valence-electron chi connectivity index (χ1n) is 18.5. The zero-order valence-corrected chi connectivity index (χ0v) is 29.5. The van der Waals surface area contributed by atoms with Crippen LogP contribution in [0, 0.1) is 5.92 Å². The summed E-state index contributed by atoms with van der Waals surface area (Å²) >= 11 is 0.